The van der Waals surface area contributed by atoms with Gasteiger partial charge in [0.25, 0.3) is 0 Å². The van der Waals surface area contributed by atoms with Crippen LogP contribution in [0.2, 0.25) is 0 Å². The van der Waals surface area contributed by atoms with Crippen molar-refractivity contribution in [1.29, 1.82) is 0 Å². The van der Waals surface area contributed by atoms with Crippen molar-refractivity contribution in [3.8, 4) is 0 Å². The summed E-state index contributed by atoms with van der Waals surface area (Å²) in [4.78, 5) is 28.4. The third-order valence-corrected chi connectivity index (χ3v) is 5.23. The van der Waals surface area contributed by atoms with E-state index in [0.29, 0.717) is 26.3 Å². The van der Waals surface area contributed by atoms with Gasteiger partial charge in [-0.05, 0) is 43.0 Å². The van der Waals surface area contributed by atoms with Crippen LogP contribution in [0.5, 0.6) is 0 Å². The molecule has 0 unspecified atom stereocenters. The minimum atomic E-state index is -0.119. The minimum absolute atomic E-state index is 0.0260. The molecule has 1 aromatic carbocycles. The van der Waals surface area contributed by atoms with E-state index in [2.05, 4.69) is 29.3 Å². The first kappa shape index (κ1) is 18.7. The zero-order valence-electron chi connectivity index (χ0n) is 15.6. The summed E-state index contributed by atoms with van der Waals surface area (Å²) in [5, 5.41) is 2.88. The number of hydrogen-bond donors (Lipinski definition) is 1. The van der Waals surface area contributed by atoms with Crippen molar-refractivity contribution in [2.24, 2.45) is 5.92 Å². The maximum Gasteiger partial charge on any atom is 0.224 e. The summed E-state index contributed by atoms with van der Waals surface area (Å²) in [6, 6.07) is 8.00. The summed E-state index contributed by atoms with van der Waals surface area (Å²) >= 11 is 0. The van der Waals surface area contributed by atoms with Crippen LogP contribution in [0.15, 0.2) is 24.3 Å². The van der Waals surface area contributed by atoms with E-state index in [0.717, 1.165) is 24.7 Å². The first-order valence-corrected chi connectivity index (χ1v) is 9.62. The van der Waals surface area contributed by atoms with Crippen LogP contribution in [-0.4, -0.2) is 56.1 Å². The molecule has 0 aliphatic carbocycles. The lowest BCUT2D eigenvalue weighted by Crippen LogP contribution is -2.40. The Morgan fingerprint density at radius 1 is 1.04 bits per heavy atom. The van der Waals surface area contributed by atoms with Crippen LogP contribution in [0.25, 0.3) is 0 Å². The number of nitrogens with one attached hydrogen (secondary N) is 1. The monoisotopic (exact) mass is 359 g/mol. The van der Waals surface area contributed by atoms with Crippen LogP contribution in [0.4, 0.5) is 11.4 Å². The summed E-state index contributed by atoms with van der Waals surface area (Å²) in [6.07, 6.45) is 2.92. The standard InChI is InChI=1S/C20H29N3O3/c1-16-8-10-22(11-9-16)18-4-2-17(3-5-18)21-19(24)6-7-20(25)23-12-14-26-15-13-23/h2-5,16H,6-15H2,1H3,(H,21,24). The van der Waals surface area contributed by atoms with Crippen molar-refractivity contribution >= 4 is 23.2 Å². The molecule has 0 saturated carbocycles. The highest BCUT2D eigenvalue weighted by atomic mass is 16.5. The fourth-order valence-electron chi connectivity index (χ4n) is 3.44. The molecule has 0 radical (unpaired) electrons. The normalized spacial score (nSPS) is 18.7. The maximum atomic E-state index is 12.1. The highest BCUT2D eigenvalue weighted by molar-refractivity contribution is 5.93. The van der Waals surface area contributed by atoms with E-state index in [1.165, 1.54) is 18.5 Å². The topological polar surface area (TPSA) is 61.9 Å². The number of benzene rings is 1. The predicted molar refractivity (Wildman–Crippen MR) is 102 cm³/mol. The fourth-order valence-corrected chi connectivity index (χ4v) is 3.44. The molecule has 2 amide bonds. The molecule has 3 rings (SSSR count). The van der Waals surface area contributed by atoms with Crippen molar-refractivity contribution in [3.05, 3.63) is 24.3 Å². The molecule has 6 nitrogen and oxygen atoms in total. The molecule has 6 heteroatoms. The summed E-state index contributed by atoms with van der Waals surface area (Å²) in [5.74, 6) is 0.717. The van der Waals surface area contributed by atoms with Crippen molar-refractivity contribution in [3.63, 3.8) is 0 Å². The van der Waals surface area contributed by atoms with Crippen molar-refractivity contribution in [1.82, 2.24) is 4.90 Å². The molecule has 0 atom stereocenters. The molecule has 0 spiro atoms. The third-order valence-electron chi connectivity index (χ3n) is 5.23. The summed E-state index contributed by atoms with van der Waals surface area (Å²) in [7, 11) is 0. The Bertz CT molecular complexity index is 603. The highest BCUT2D eigenvalue weighted by Gasteiger charge is 2.18. The van der Waals surface area contributed by atoms with Crippen LogP contribution >= 0.6 is 0 Å². The van der Waals surface area contributed by atoms with E-state index >= 15 is 0 Å². The zero-order valence-corrected chi connectivity index (χ0v) is 15.6. The lowest BCUT2D eigenvalue weighted by Gasteiger charge is -2.32. The van der Waals surface area contributed by atoms with Gasteiger partial charge >= 0.3 is 0 Å². The lowest BCUT2D eigenvalue weighted by molar-refractivity contribution is -0.136. The molecular weight excluding hydrogens is 330 g/mol. The van der Waals surface area contributed by atoms with Gasteiger partial charge in [0.05, 0.1) is 13.2 Å². The number of anilines is 2. The Morgan fingerprint density at radius 2 is 1.69 bits per heavy atom. The molecule has 142 valence electrons. The number of rotatable bonds is 5. The first-order chi connectivity index (χ1) is 12.6. The molecule has 2 aliphatic rings. The van der Waals surface area contributed by atoms with Gasteiger partial charge in [0.1, 0.15) is 0 Å². The molecule has 2 saturated heterocycles. The van der Waals surface area contributed by atoms with E-state index in [1.807, 2.05) is 12.1 Å². The molecule has 2 heterocycles. The quantitative estimate of drug-likeness (QED) is 0.877. The van der Waals surface area contributed by atoms with E-state index in [-0.39, 0.29) is 24.7 Å². The largest absolute Gasteiger partial charge is 0.378 e. The minimum Gasteiger partial charge on any atom is -0.378 e. The zero-order chi connectivity index (χ0) is 18.4. The number of hydrogen-bond acceptors (Lipinski definition) is 4. The summed E-state index contributed by atoms with van der Waals surface area (Å²) in [5.41, 5.74) is 1.99. The molecule has 0 aromatic heterocycles. The number of ether oxygens (including phenoxy) is 1. The van der Waals surface area contributed by atoms with Gasteiger partial charge in [0, 0.05) is 50.4 Å². The second kappa shape index (κ2) is 9.03. The Kier molecular flexibility index (Phi) is 6.50. The van der Waals surface area contributed by atoms with Crippen LogP contribution < -0.4 is 10.2 Å². The average molecular weight is 359 g/mol. The van der Waals surface area contributed by atoms with E-state index in [9.17, 15) is 9.59 Å². The summed E-state index contributed by atoms with van der Waals surface area (Å²) < 4.78 is 5.24. The van der Waals surface area contributed by atoms with Gasteiger partial charge in [-0.1, -0.05) is 6.92 Å². The Morgan fingerprint density at radius 3 is 2.35 bits per heavy atom. The predicted octanol–water partition coefficient (Wildman–Crippen LogP) is 2.50. The maximum absolute atomic E-state index is 12.1. The summed E-state index contributed by atoms with van der Waals surface area (Å²) in [6.45, 7) is 6.90. The van der Waals surface area contributed by atoms with Crippen LogP contribution in [0, 0.1) is 5.92 Å². The van der Waals surface area contributed by atoms with Crippen molar-refractivity contribution in [2.45, 2.75) is 32.6 Å². The van der Waals surface area contributed by atoms with Gasteiger partial charge in [-0.2, -0.15) is 0 Å². The number of nitrogens with zero attached hydrogens (tertiary/aromatic N) is 2. The SMILES string of the molecule is CC1CCN(c2ccc(NC(=O)CCC(=O)N3CCOCC3)cc2)CC1. The number of amides is 2. The van der Waals surface area contributed by atoms with Gasteiger partial charge in [-0.3, -0.25) is 9.59 Å². The second-order valence-electron chi connectivity index (χ2n) is 7.26. The van der Waals surface area contributed by atoms with Crippen molar-refractivity contribution in [2.75, 3.05) is 49.6 Å². The highest BCUT2D eigenvalue weighted by Crippen LogP contribution is 2.24. The molecule has 2 aliphatic heterocycles. The Balaban J connectivity index is 1.43. The number of carbonyl (C=O) groups excluding carboxylic acids is 2. The lowest BCUT2D eigenvalue weighted by atomic mass is 9.99. The van der Waals surface area contributed by atoms with E-state index in [1.54, 1.807) is 4.90 Å². The molecular formula is C20H29N3O3. The molecule has 0 bridgehead atoms. The van der Waals surface area contributed by atoms with Crippen LogP contribution in [0.3, 0.4) is 0 Å². The molecule has 1 N–H and O–H groups in total. The third kappa shape index (κ3) is 5.21. The molecule has 26 heavy (non-hydrogen) atoms. The Labute approximate surface area is 155 Å². The van der Waals surface area contributed by atoms with Crippen LogP contribution in [0.1, 0.15) is 32.6 Å². The van der Waals surface area contributed by atoms with Crippen LogP contribution in [-0.2, 0) is 14.3 Å². The smallest absolute Gasteiger partial charge is 0.224 e. The molecule has 2 fully saturated rings. The number of morpholine rings is 1. The van der Waals surface area contributed by atoms with Gasteiger partial charge in [-0.15, -0.1) is 0 Å². The van der Waals surface area contributed by atoms with E-state index < -0.39 is 0 Å². The van der Waals surface area contributed by atoms with Gasteiger partial charge in [0.15, 0.2) is 0 Å². The Hall–Kier alpha value is -2.08. The fraction of sp³-hybridized carbons (Fsp3) is 0.600. The first-order valence-electron chi connectivity index (χ1n) is 9.62. The van der Waals surface area contributed by atoms with Gasteiger partial charge in [-0.25, -0.2) is 0 Å². The van der Waals surface area contributed by atoms with Gasteiger partial charge in [0.2, 0.25) is 11.8 Å². The van der Waals surface area contributed by atoms with E-state index in [4.69, 9.17) is 4.74 Å². The molecule has 1 aromatic rings. The average Bonchev–Trinajstić information content (AvgIpc) is 2.68. The van der Waals surface area contributed by atoms with Crippen molar-refractivity contribution < 1.29 is 14.3 Å². The van der Waals surface area contributed by atoms with Gasteiger partial charge < -0.3 is 19.9 Å². The number of carbonyl (C=O) groups is 2. The number of piperidine rings is 1. The second-order valence-corrected chi connectivity index (χ2v) is 7.26.